The van der Waals surface area contributed by atoms with Gasteiger partial charge < -0.3 is 10.2 Å². The van der Waals surface area contributed by atoms with Gasteiger partial charge in [-0.25, -0.2) is 12.7 Å². The minimum Gasteiger partial charge on any atom is -0.312 e. The van der Waals surface area contributed by atoms with Gasteiger partial charge in [-0.05, 0) is 80.7 Å². The minimum absolute atomic E-state index is 0.0952. The molecule has 0 unspecified atom stereocenters. The fraction of sp³-hybridized carbons (Fsp3) is 0.667. The highest BCUT2D eigenvalue weighted by Gasteiger charge is 2.48. The number of aryl methyl sites for hydroxylation is 2. The standard InChI is InChI=1S/C27H37F3N4O4S/c1-17-5-7-20(8-6-17)23-31-24(35)26(32-23)10-12-34(13-11-26)39(37,38)14-9-22-18(2)15-21(16-19(22)3)33(4)25(36)27(28,29)30/h15-17,20H,5-14H2,1-4H3,(H,31,32,35). The molecule has 2 fully saturated rings. The first-order valence-corrected chi connectivity index (χ1v) is 15.1. The van der Waals surface area contributed by atoms with Gasteiger partial charge in [-0.3, -0.25) is 14.6 Å². The Hall–Kier alpha value is -2.47. The molecule has 1 aromatic carbocycles. The largest absolute Gasteiger partial charge is 0.471 e. The SMILES string of the molecule is Cc1cc(N(C)C(=O)C(F)(F)F)cc(C)c1CCS(=O)(=O)N1CCC2(CC1)N=C(C1CCC(C)CC1)NC2=O. The van der Waals surface area contributed by atoms with Gasteiger partial charge in [0.1, 0.15) is 11.4 Å². The van der Waals surface area contributed by atoms with Crippen molar-refractivity contribution in [1.82, 2.24) is 9.62 Å². The van der Waals surface area contributed by atoms with Gasteiger partial charge in [-0.2, -0.15) is 13.2 Å². The number of carbonyl (C=O) groups is 2. The summed E-state index contributed by atoms with van der Waals surface area (Å²) in [6, 6.07) is 2.93. The zero-order valence-corrected chi connectivity index (χ0v) is 23.7. The van der Waals surface area contributed by atoms with Crippen LogP contribution in [-0.4, -0.2) is 68.0 Å². The molecule has 0 bridgehead atoms. The molecular formula is C27H37F3N4O4S. The first-order valence-electron chi connectivity index (χ1n) is 13.5. The quantitative estimate of drug-likeness (QED) is 0.561. The molecule has 1 aliphatic carbocycles. The Morgan fingerprint density at radius 1 is 1.13 bits per heavy atom. The topological polar surface area (TPSA) is 99.2 Å². The van der Waals surface area contributed by atoms with Gasteiger partial charge in [-0.1, -0.05) is 19.8 Å². The molecule has 2 amide bonds. The van der Waals surface area contributed by atoms with Crippen molar-refractivity contribution in [2.45, 2.75) is 77.4 Å². The van der Waals surface area contributed by atoms with Crippen molar-refractivity contribution >= 4 is 33.4 Å². The van der Waals surface area contributed by atoms with Crippen molar-refractivity contribution in [3.8, 4) is 0 Å². The number of piperidine rings is 1. The molecule has 39 heavy (non-hydrogen) atoms. The Kier molecular flexibility index (Phi) is 8.20. The van der Waals surface area contributed by atoms with Crippen LogP contribution in [-0.2, 0) is 26.0 Å². The maximum absolute atomic E-state index is 13.2. The minimum atomic E-state index is -4.99. The molecule has 2 aliphatic heterocycles. The van der Waals surface area contributed by atoms with E-state index in [1.807, 2.05) is 0 Å². The van der Waals surface area contributed by atoms with Crippen LogP contribution < -0.4 is 10.2 Å². The fourth-order valence-electron chi connectivity index (χ4n) is 5.97. The number of hydrogen-bond donors (Lipinski definition) is 1. The number of hydrogen-bond acceptors (Lipinski definition) is 5. The molecule has 1 spiro atoms. The molecule has 12 heteroatoms. The van der Waals surface area contributed by atoms with Gasteiger partial charge in [-0.15, -0.1) is 0 Å². The van der Waals surface area contributed by atoms with E-state index in [-0.39, 0.29) is 42.8 Å². The number of sulfonamides is 1. The van der Waals surface area contributed by atoms with E-state index >= 15 is 0 Å². The van der Waals surface area contributed by atoms with Crippen LogP contribution in [0.25, 0.3) is 0 Å². The van der Waals surface area contributed by atoms with Crippen LogP contribution in [0.15, 0.2) is 17.1 Å². The van der Waals surface area contributed by atoms with Crippen molar-refractivity contribution in [3.05, 3.63) is 28.8 Å². The number of carbonyl (C=O) groups excluding carboxylic acids is 2. The lowest BCUT2D eigenvalue weighted by Gasteiger charge is -2.34. The molecule has 4 rings (SSSR count). The smallest absolute Gasteiger partial charge is 0.312 e. The van der Waals surface area contributed by atoms with Crippen LogP contribution in [0.2, 0.25) is 0 Å². The Balaban J connectivity index is 1.38. The van der Waals surface area contributed by atoms with E-state index in [4.69, 9.17) is 4.99 Å². The molecule has 1 saturated heterocycles. The van der Waals surface area contributed by atoms with Crippen molar-refractivity contribution in [3.63, 3.8) is 0 Å². The van der Waals surface area contributed by atoms with Gasteiger partial charge in [0, 0.05) is 31.7 Å². The average molecular weight is 571 g/mol. The maximum atomic E-state index is 13.2. The van der Waals surface area contributed by atoms with Crippen LogP contribution in [0.3, 0.4) is 0 Å². The number of nitrogens with zero attached hydrogens (tertiary/aromatic N) is 3. The van der Waals surface area contributed by atoms with E-state index in [0.29, 0.717) is 34.8 Å². The molecule has 0 aromatic heterocycles. The zero-order chi connectivity index (χ0) is 28.8. The summed E-state index contributed by atoms with van der Waals surface area (Å²) in [6.07, 6.45) is 0.0925. The van der Waals surface area contributed by atoms with E-state index in [0.717, 1.165) is 44.1 Å². The van der Waals surface area contributed by atoms with Crippen LogP contribution in [0.5, 0.6) is 0 Å². The van der Waals surface area contributed by atoms with Crippen LogP contribution >= 0.6 is 0 Å². The monoisotopic (exact) mass is 570 g/mol. The molecule has 2 heterocycles. The van der Waals surface area contributed by atoms with Gasteiger partial charge in [0.25, 0.3) is 5.91 Å². The lowest BCUT2D eigenvalue weighted by molar-refractivity contribution is -0.170. The Morgan fingerprint density at radius 2 is 1.69 bits per heavy atom. The lowest BCUT2D eigenvalue weighted by atomic mass is 9.82. The number of benzene rings is 1. The number of alkyl halides is 3. The van der Waals surface area contributed by atoms with E-state index in [9.17, 15) is 31.2 Å². The second-order valence-corrected chi connectivity index (χ2v) is 13.4. The highest BCUT2D eigenvalue weighted by atomic mass is 32.2. The van der Waals surface area contributed by atoms with Crippen molar-refractivity contribution in [2.75, 3.05) is 30.8 Å². The Bertz CT molecular complexity index is 1240. The highest BCUT2D eigenvalue weighted by molar-refractivity contribution is 7.89. The molecule has 1 aromatic rings. The molecule has 1 N–H and O–H groups in total. The number of rotatable bonds is 6. The summed E-state index contributed by atoms with van der Waals surface area (Å²) >= 11 is 0. The molecular weight excluding hydrogens is 533 g/mol. The van der Waals surface area contributed by atoms with Crippen molar-refractivity contribution in [1.29, 1.82) is 0 Å². The number of halogens is 3. The predicted octanol–water partition coefficient (Wildman–Crippen LogP) is 3.89. The summed E-state index contributed by atoms with van der Waals surface area (Å²) in [5.41, 5.74) is 1.14. The summed E-state index contributed by atoms with van der Waals surface area (Å²) in [5.74, 6) is -0.560. The zero-order valence-electron chi connectivity index (χ0n) is 22.9. The molecule has 8 nitrogen and oxygen atoms in total. The molecule has 3 aliphatic rings. The average Bonchev–Trinajstić information content (AvgIpc) is 3.17. The Morgan fingerprint density at radius 3 is 2.23 bits per heavy atom. The van der Waals surface area contributed by atoms with Gasteiger partial charge in [0.2, 0.25) is 10.0 Å². The van der Waals surface area contributed by atoms with Crippen molar-refractivity contribution in [2.24, 2.45) is 16.8 Å². The molecule has 216 valence electrons. The number of anilines is 1. The van der Waals surface area contributed by atoms with E-state index in [1.165, 1.54) is 16.4 Å². The lowest BCUT2D eigenvalue weighted by Crippen LogP contribution is -2.51. The third-order valence-corrected chi connectivity index (χ3v) is 10.4. The van der Waals surface area contributed by atoms with Crippen LogP contribution in [0, 0.1) is 25.7 Å². The first kappa shape index (κ1) is 29.5. The van der Waals surface area contributed by atoms with Crippen molar-refractivity contribution < 1.29 is 31.2 Å². The normalized spacial score (nSPS) is 24.0. The summed E-state index contributed by atoms with van der Waals surface area (Å²) in [7, 11) is -2.58. The second kappa shape index (κ2) is 10.8. The van der Waals surface area contributed by atoms with Gasteiger partial charge >= 0.3 is 12.1 Å². The number of aliphatic imine (C=N–C) groups is 1. The third-order valence-electron chi connectivity index (χ3n) is 8.57. The fourth-order valence-corrected chi connectivity index (χ4v) is 7.43. The molecule has 1 saturated carbocycles. The van der Waals surface area contributed by atoms with Gasteiger partial charge in [0.05, 0.1) is 5.75 Å². The predicted molar refractivity (Wildman–Crippen MR) is 143 cm³/mol. The number of nitrogens with one attached hydrogen (secondary N) is 1. The summed E-state index contributed by atoms with van der Waals surface area (Å²) in [6.45, 7) is 6.03. The van der Waals surface area contributed by atoms with Gasteiger partial charge in [0.15, 0.2) is 0 Å². The van der Waals surface area contributed by atoms with E-state index in [2.05, 4.69) is 12.2 Å². The third kappa shape index (κ3) is 6.16. The summed E-state index contributed by atoms with van der Waals surface area (Å²) in [5, 5.41) is 3.00. The number of amidine groups is 1. The summed E-state index contributed by atoms with van der Waals surface area (Å²) in [4.78, 5) is 29.9. The van der Waals surface area contributed by atoms with E-state index in [1.54, 1.807) is 13.8 Å². The highest BCUT2D eigenvalue weighted by Crippen LogP contribution is 2.36. The Labute approximate surface area is 228 Å². The maximum Gasteiger partial charge on any atom is 0.471 e. The van der Waals surface area contributed by atoms with Crippen LogP contribution in [0.4, 0.5) is 18.9 Å². The number of amides is 2. The molecule has 0 atom stereocenters. The van der Waals surface area contributed by atoms with E-state index < -0.39 is 27.6 Å². The van der Waals surface area contributed by atoms with Crippen LogP contribution in [0.1, 0.15) is 62.1 Å². The summed E-state index contributed by atoms with van der Waals surface area (Å²) < 4.78 is 66.3. The second-order valence-electron chi connectivity index (χ2n) is 11.3. The first-order chi connectivity index (χ1) is 18.1. The molecule has 0 radical (unpaired) electrons.